The van der Waals surface area contributed by atoms with Crippen molar-refractivity contribution in [2.75, 3.05) is 11.9 Å². The number of nitrogens with zero attached hydrogens (tertiary/aromatic N) is 3. The van der Waals surface area contributed by atoms with Gasteiger partial charge in [0, 0.05) is 26.0 Å². The number of rotatable bonds is 3. The Morgan fingerprint density at radius 1 is 1.16 bits per heavy atom. The molecule has 19 heavy (non-hydrogen) atoms. The highest BCUT2D eigenvalue weighted by molar-refractivity contribution is 7.22. The zero-order chi connectivity index (χ0) is 13.2. The standard InChI is InChI=1S/C15H15N3S/c1-11-3-4-13-14(9-11)19-15(17-13)18(2)10-12-5-7-16-8-6-12/h3-9H,10H2,1-2H3. The second-order valence-electron chi connectivity index (χ2n) is 4.68. The Bertz CT molecular complexity index is 691. The van der Waals surface area contributed by atoms with Crippen molar-refractivity contribution in [3.05, 3.63) is 53.9 Å². The summed E-state index contributed by atoms with van der Waals surface area (Å²) >= 11 is 1.74. The van der Waals surface area contributed by atoms with Crippen LogP contribution < -0.4 is 4.90 Å². The summed E-state index contributed by atoms with van der Waals surface area (Å²) in [5.41, 5.74) is 3.60. The first-order valence-electron chi connectivity index (χ1n) is 6.19. The molecule has 0 amide bonds. The molecule has 0 aliphatic carbocycles. The van der Waals surface area contributed by atoms with E-state index in [1.54, 1.807) is 11.3 Å². The van der Waals surface area contributed by atoms with Gasteiger partial charge >= 0.3 is 0 Å². The number of aromatic nitrogens is 2. The van der Waals surface area contributed by atoms with Crippen molar-refractivity contribution in [1.82, 2.24) is 9.97 Å². The van der Waals surface area contributed by atoms with Crippen molar-refractivity contribution >= 4 is 26.7 Å². The number of benzene rings is 1. The number of fused-ring (bicyclic) bond motifs is 1. The molecule has 4 heteroatoms. The van der Waals surface area contributed by atoms with Gasteiger partial charge in [0.2, 0.25) is 0 Å². The lowest BCUT2D eigenvalue weighted by Gasteiger charge is -2.15. The van der Waals surface area contributed by atoms with E-state index in [2.05, 4.69) is 47.0 Å². The van der Waals surface area contributed by atoms with Crippen LogP contribution in [0.1, 0.15) is 11.1 Å². The molecule has 2 heterocycles. The molecule has 0 radical (unpaired) electrons. The molecule has 0 unspecified atom stereocenters. The van der Waals surface area contributed by atoms with Crippen molar-refractivity contribution in [3.63, 3.8) is 0 Å². The third-order valence-corrected chi connectivity index (χ3v) is 4.16. The van der Waals surface area contributed by atoms with Gasteiger partial charge in [-0.05, 0) is 42.3 Å². The number of hydrogen-bond acceptors (Lipinski definition) is 4. The predicted molar refractivity (Wildman–Crippen MR) is 80.7 cm³/mol. The number of anilines is 1. The van der Waals surface area contributed by atoms with Gasteiger partial charge in [-0.3, -0.25) is 4.98 Å². The zero-order valence-corrected chi connectivity index (χ0v) is 11.8. The highest BCUT2D eigenvalue weighted by atomic mass is 32.1. The Hall–Kier alpha value is -1.94. The van der Waals surface area contributed by atoms with Gasteiger partial charge in [-0.25, -0.2) is 4.98 Å². The molecule has 0 fully saturated rings. The van der Waals surface area contributed by atoms with Crippen LogP contribution in [0.3, 0.4) is 0 Å². The monoisotopic (exact) mass is 269 g/mol. The van der Waals surface area contributed by atoms with Gasteiger partial charge in [0.15, 0.2) is 5.13 Å². The van der Waals surface area contributed by atoms with Crippen LogP contribution in [-0.2, 0) is 6.54 Å². The lowest BCUT2D eigenvalue weighted by Crippen LogP contribution is -2.15. The van der Waals surface area contributed by atoms with Gasteiger partial charge in [0.1, 0.15) is 0 Å². The van der Waals surface area contributed by atoms with Gasteiger partial charge in [-0.1, -0.05) is 17.4 Å². The SMILES string of the molecule is Cc1ccc2nc(N(C)Cc3ccncc3)sc2c1. The van der Waals surface area contributed by atoms with E-state index >= 15 is 0 Å². The minimum Gasteiger partial charge on any atom is -0.347 e. The quantitative estimate of drug-likeness (QED) is 0.727. The number of hydrogen-bond donors (Lipinski definition) is 0. The summed E-state index contributed by atoms with van der Waals surface area (Å²) in [5.74, 6) is 0. The molecular formula is C15H15N3S. The predicted octanol–water partition coefficient (Wildman–Crippen LogP) is 3.64. The van der Waals surface area contributed by atoms with E-state index in [4.69, 9.17) is 0 Å². The average molecular weight is 269 g/mol. The fourth-order valence-corrected chi connectivity index (χ4v) is 3.04. The van der Waals surface area contributed by atoms with Crippen molar-refractivity contribution in [1.29, 1.82) is 0 Å². The van der Waals surface area contributed by atoms with E-state index in [0.29, 0.717) is 0 Å². The maximum Gasteiger partial charge on any atom is 0.186 e. The molecule has 1 aromatic carbocycles. The lowest BCUT2D eigenvalue weighted by molar-refractivity contribution is 0.914. The minimum absolute atomic E-state index is 0.849. The van der Waals surface area contributed by atoms with Crippen molar-refractivity contribution in [3.8, 4) is 0 Å². The van der Waals surface area contributed by atoms with Crippen LogP contribution in [0, 0.1) is 6.92 Å². The first-order chi connectivity index (χ1) is 9.22. The summed E-state index contributed by atoms with van der Waals surface area (Å²) in [7, 11) is 2.07. The summed E-state index contributed by atoms with van der Waals surface area (Å²) < 4.78 is 1.25. The molecule has 0 spiro atoms. The number of thiazole rings is 1. The smallest absolute Gasteiger partial charge is 0.186 e. The molecule has 3 nitrogen and oxygen atoms in total. The van der Waals surface area contributed by atoms with Crippen LogP contribution in [-0.4, -0.2) is 17.0 Å². The normalized spacial score (nSPS) is 10.8. The second kappa shape index (κ2) is 4.97. The van der Waals surface area contributed by atoms with E-state index in [9.17, 15) is 0 Å². The van der Waals surface area contributed by atoms with Crippen LogP contribution >= 0.6 is 11.3 Å². The molecule has 3 aromatic rings. The molecule has 0 aliphatic heterocycles. The second-order valence-corrected chi connectivity index (χ2v) is 5.69. The van der Waals surface area contributed by atoms with Crippen LogP contribution in [0.2, 0.25) is 0 Å². The molecule has 0 saturated heterocycles. The molecular weight excluding hydrogens is 254 g/mol. The summed E-state index contributed by atoms with van der Waals surface area (Å²) in [4.78, 5) is 10.9. The molecule has 2 aromatic heterocycles. The number of aryl methyl sites for hydroxylation is 1. The molecule has 0 bridgehead atoms. The first kappa shape index (κ1) is 12.1. The van der Waals surface area contributed by atoms with Gasteiger partial charge in [0.05, 0.1) is 10.2 Å². The fraction of sp³-hybridized carbons (Fsp3) is 0.200. The Kier molecular flexibility index (Phi) is 3.17. The minimum atomic E-state index is 0.849. The topological polar surface area (TPSA) is 29.0 Å². The van der Waals surface area contributed by atoms with Crippen molar-refractivity contribution in [2.24, 2.45) is 0 Å². The average Bonchev–Trinajstić information content (AvgIpc) is 2.83. The highest BCUT2D eigenvalue weighted by Crippen LogP contribution is 2.29. The van der Waals surface area contributed by atoms with Crippen LogP contribution in [0.25, 0.3) is 10.2 Å². The Morgan fingerprint density at radius 3 is 2.74 bits per heavy atom. The van der Waals surface area contributed by atoms with E-state index in [0.717, 1.165) is 17.2 Å². The van der Waals surface area contributed by atoms with Crippen LogP contribution in [0.5, 0.6) is 0 Å². The van der Waals surface area contributed by atoms with Gasteiger partial charge in [0.25, 0.3) is 0 Å². The highest BCUT2D eigenvalue weighted by Gasteiger charge is 2.08. The van der Waals surface area contributed by atoms with E-state index < -0.39 is 0 Å². The van der Waals surface area contributed by atoms with E-state index in [1.807, 2.05) is 24.5 Å². The largest absolute Gasteiger partial charge is 0.347 e. The van der Waals surface area contributed by atoms with E-state index in [1.165, 1.54) is 15.8 Å². The molecule has 0 atom stereocenters. The van der Waals surface area contributed by atoms with E-state index in [-0.39, 0.29) is 0 Å². The third kappa shape index (κ3) is 2.58. The molecule has 3 rings (SSSR count). The van der Waals surface area contributed by atoms with Crippen LogP contribution in [0.15, 0.2) is 42.7 Å². The Morgan fingerprint density at radius 2 is 1.95 bits per heavy atom. The first-order valence-corrected chi connectivity index (χ1v) is 7.01. The Labute approximate surface area is 116 Å². The van der Waals surface area contributed by atoms with Crippen molar-refractivity contribution in [2.45, 2.75) is 13.5 Å². The summed E-state index contributed by atoms with van der Waals surface area (Å²) in [5, 5.41) is 1.05. The zero-order valence-electron chi connectivity index (χ0n) is 11.0. The van der Waals surface area contributed by atoms with Crippen molar-refractivity contribution < 1.29 is 0 Å². The van der Waals surface area contributed by atoms with Gasteiger partial charge < -0.3 is 4.90 Å². The molecule has 96 valence electrons. The Balaban J connectivity index is 1.87. The summed E-state index contributed by atoms with van der Waals surface area (Å²) in [6, 6.07) is 10.5. The maximum atomic E-state index is 4.68. The summed E-state index contributed by atoms with van der Waals surface area (Å²) in [6.07, 6.45) is 3.65. The van der Waals surface area contributed by atoms with Gasteiger partial charge in [-0.15, -0.1) is 0 Å². The van der Waals surface area contributed by atoms with Gasteiger partial charge in [-0.2, -0.15) is 0 Å². The lowest BCUT2D eigenvalue weighted by atomic mass is 10.2. The molecule has 0 N–H and O–H groups in total. The number of pyridine rings is 1. The molecule has 0 aliphatic rings. The third-order valence-electron chi connectivity index (χ3n) is 3.03. The van der Waals surface area contributed by atoms with Crippen LogP contribution in [0.4, 0.5) is 5.13 Å². The summed E-state index contributed by atoms with van der Waals surface area (Å²) in [6.45, 7) is 2.96. The maximum absolute atomic E-state index is 4.68. The fourth-order valence-electron chi connectivity index (χ4n) is 2.01. The molecule has 0 saturated carbocycles.